The van der Waals surface area contributed by atoms with Gasteiger partial charge in [-0.25, -0.2) is 4.98 Å². The minimum absolute atomic E-state index is 0.586. The average molecular weight is 190 g/mol. The quantitative estimate of drug-likeness (QED) is 0.637. The van der Waals surface area contributed by atoms with E-state index >= 15 is 0 Å². The molecule has 0 unspecified atom stereocenters. The van der Waals surface area contributed by atoms with E-state index in [-0.39, 0.29) is 0 Å². The van der Waals surface area contributed by atoms with Crippen molar-refractivity contribution >= 4 is 5.65 Å². The molecule has 0 radical (unpaired) electrons. The van der Waals surface area contributed by atoms with E-state index in [1.54, 1.807) is 18.6 Å². The maximum atomic E-state index is 10.1. The van der Waals surface area contributed by atoms with Crippen molar-refractivity contribution in [3.8, 4) is 0 Å². The zero-order valence-electron chi connectivity index (χ0n) is 7.51. The minimum Gasteiger partial charge on any atom is -0.381 e. The van der Waals surface area contributed by atoms with Gasteiger partial charge in [0.05, 0.1) is 18.1 Å². The SMILES string of the molecule is OC1(c2cnc3cnccn23)CNC1. The summed E-state index contributed by atoms with van der Waals surface area (Å²) in [4.78, 5) is 8.15. The second-order valence-corrected chi connectivity index (χ2v) is 3.58. The molecule has 0 amide bonds. The van der Waals surface area contributed by atoms with Gasteiger partial charge in [0.1, 0.15) is 5.60 Å². The number of imidazole rings is 1. The van der Waals surface area contributed by atoms with Gasteiger partial charge in [-0.1, -0.05) is 0 Å². The Hall–Kier alpha value is -1.46. The van der Waals surface area contributed by atoms with Gasteiger partial charge in [0.15, 0.2) is 5.65 Å². The normalized spacial score (nSPS) is 19.5. The fourth-order valence-corrected chi connectivity index (χ4v) is 1.73. The first-order chi connectivity index (χ1) is 6.80. The molecule has 0 bridgehead atoms. The summed E-state index contributed by atoms with van der Waals surface area (Å²) in [6.45, 7) is 1.17. The Morgan fingerprint density at radius 3 is 3.00 bits per heavy atom. The fourth-order valence-electron chi connectivity index (χ4n) is 1.73. The maximum Gasteiger partial charge on any atom is 0.155 e. The van der Waals surface area contributed by atoms with Gasteiger partial charge in [-0.3, -0.25) is 9.38 Å². The number of nitrogens with one attached hydrogen (secondary N) is 1. The van der Waals surface area contributed by atoms with Crippen molar-refractivity contribution in [2.45, 2.75) is 5.60 Å². The number of aromatic nitrogens is 3. The third kappa shape index (κ3) is 0.906. The van der Waals surface area contributed by atoms with Crippen LogP contribution in [-0.2, 0) is 5.60 Å². The second-order valence-electron chi connectivity index (χ2n) is 3.58. The molecule has 0 atom stereocenters. The third-order valence-corrected chi connectivity index (χ3v) is 2.63. The van der Waals surface area contributed by atoms with Gasteiger partial charge in [-0.2, -0.15) is 0 Å². The summed E-state index contributed by atoms with van der Waals surface area (Å²) in [6.07, 6.45) is 6.89. The topological polar surface area (TPSA) is 62.5 Å². The lowest BCUT2D eigenvalue weighted by atomic mass is 9.94. The largest absolute Gasteiger partial charge is 0.381 e. The van der Waals surface area contributed by atoms with Gasteiger partial charge < -0.3 is 10.4 Å². The molecule has 2 aromatic rings. The third-order valence-electron chi connectivity index (χ3n) is 2.63. The van der Waals surface area contributed by atoms with Gasteiger partial charge >= 0.3 is 0 Å². The predicted octanol–water partition coefficient (Wildman–Crippen LogP) is -0.480. The molecule has 2 N–H and O–H groups in total. The van der Waals surface area contributed by atoms with Crippen LogP contribution in [-0.4, -0.2) is 32.6 Å². The molecular formula is C9H10N4O. The Labute approximate surface area is 80.4 Å². The number of hydrogen-bond donors (Lipinski definition) is 2. The molecule has 1 fully saturated rings. The van der Waals surface area contributed by atoms with Crippen LogP contribution in [0.2, 0.25) is 0 Å². The summed E-state index contributed by atoms with van der Waals surface area (Å²) in [6, 6.07) is 0. The number of hydrogen-bond acceptors (Lipinski definition) is 4. The number of aliphatic hydroxyl groups is 1. The van der Waals surface area contributed by atoms with Gasteiger partial charge in [-0.05, 0) is 0 Å². The van der Waals surface area contributed by atoms with Crippen LogP contribution in [0.1, 0.15) is 5.69 Å². The van der Waals surface area contributed by atoms with Crippen LogP contribution >= 0.6 is 0 Å². The van der Waals surface area contributed by atoms with Crippen molar-refractivity contribution in [3.05, 3.63) is 30.5 Å². The molecule has 3 heterocycles. The average Bonchev–Trinajstić information content (AvgIpc) is 2.58. The van der Waals surface area contributed by atoms with Crippen LogP contribution in [0.3, 0.4) is 0 Å². The summed E-state index contributed by atoms with van der Waals surface area (Å²) in [5.41, 5.74) is 0.831. The molecule has 5 heteroatoms. The van der Waals surface area contributed by atoms with Gasteiger partial charge in [-0.15, -0.1) is 0 Å². The highest BCUT2D eigenvalue weighted by Crippen LogP contribution is 2.25. The van der Waals surface area contributed by atoms with E-state index in [4.69, 9.17) is 0 Å². The number of rotatable bonds is 1. The Balaban J connectivity index is 2.22. The monoisotopic (exact) mass is 190 g/mol. The number of fused-ring (bicyclic) bond motifs is 1. The fraction of sp³-hybridized carbons (Fsp3) is 0.333. The molecule has 0 saturated carbocycles. The summed E-state index contributed by atoms with van der Waals surface area (Å²) in [7, 11) is 0. The van der Waals surface area contributed by atoms with Crippen LogP contribution in [0, 0.1) is 0 Å². The molecule has 1 aliphatic heterocycles. The van der Waals surface area contributed by atoms with Crippen LogP contribution in [0.25, 0.3) is 5.65 Å². The molecule has 0 aliphatic carbocycles. The molecule has 3 rings (SSSR count). The Kier molecular flexibility index (Phi) is 1.42. The first-order valence-electron chi connectivity index (χ1n) is 4.50. The molecule has 5 nitrogen and oxygen atoms in total. The van der Waals surface area contributed by atoms with E-state index in [0.29, 0.717) is 13.1 Å². The van der Waals surface area contributed by atoms with Crippen molar-refractivity contribution in [3.63, 3.8) is 0 Å². The first-order valence-corrected chi connectivity index (χ1v) is 4.50. The van der Waals surface area contributed by atoms with Crippen LogP contribution in [0.15, 0.2) is 24.8 Å². The van der Waals surface area contributed by atoms with E-state index in [1.165, 1.54) is 0 Å². The van der Waals surface area contributed by atoms with Gasteiger partial charge in [0, 0.05) is 25.5 Å². The van der Waals surface area contributed by atoms with Gasteiger partial charge in [0.2, 0.25) is 0 Å². The van der Waals surface area contributed by atoms with E-state index in [2.05, 4.69) is 15.3 Å². The lowest BCUT2D eigenvalue weighted by Crippen LogP contribution is -2.57. The van der Waals surface area contributed by atoms with Crippen molar-refractivity contribution in [1.82, 2.24) is 19.7 Å². The van der Waals surface area contributed by atoms with Crippen molar-refractivity contribution in [2.24, 2.45) is 0 Å². The van der Waals surface area contributed by atoms with Crippen molar-refractivity contribution in [2.75, 3.05) is 13.1 Å². The lowest BCUT2D eigenvalue weighted by molar-refractivity contribution is -0.0193. The van der Waals surface area contributed by atoms with E-state index < -0.39 is 5.60 Å². The van der Waals surface area contributed by atoms with Crippen LogP contribution in [0.5, 0.6) is 0 Å². The predicted molar refractivity (Wildman–Crippen MR) is 49.8 cm³/mol. The first kappa shape index (κ1) is 7.90. The maximum absolute atomic E-state index is 10.1. The number of nitrogens with zero attached hydrogens (tertiary/aromatic N) is 3. The molecule has 0 spiro atoms. The summed E-state index contributed by atoms with van der Waals surface area (Å²) in [5.74, 6) is 0. The molecular weight excluding hydrogens is 180 g/mol. The Morgan fingerprint density at radius 2 is 2.29 bits per heavy atom. The lowest BCUT2D eigenvalue weighted by Gasteiger charge is -2.36. The Morgan fingerprint density at radius 1 is 1.43 bits per heavy atom. The molecule has 1 saturated heterocycles. The smallest absolute Gasteiger partial charge is 0.155 e. The van der Waals surface area contributed by atoms with Crippen LogP contribution in [0.4, 0.5) is 0 Å². The second kappa shape index (κ2) is 2.52. The molecule has 14 heavy (non-hydrogen) atoms. The summed E-state index contributed by atoms with van der Waals surface area (Å²) < 4.78 is 1.87. The van der Waals surface area contributed by atoms with Crippen LogP contribution < -0.4 is 5.32 Å². The highest BCUT2D eigenvalue weighted by molar-refractivity contribution is 5.39. The zero-order valence-corrected chi connectivity index (χ0v) is 7.51. The van der Waals surface area contributed by atoms with Crippen molar-refractivity contribution < 1.29 is 5.11 Å². The summed E-state index contributed by atoms with van der Waals surface area (Å²) in [5, 5.41) is 13.2. The molecule has 1 aliphatic rings. The van der Waals surface area contributed by atoms with Crippen molar-refractivity contribution in [1.29, 1.82) is 0 Å². The molecule has 0 aromatic carbocycles. The minimum atomic E-state index is -0.763. The zero-order chi connectivity index (χ0) is 9.60. The molecule has 2 aromatic heterocycles. The van der Waals surface area contributed by atoms with E-state index in [1.807, 2.05) is 10.6 Å². The van der Waals surface area contributed by atoms with Gasteiger partial charge in [0.25, 0.3) is 0 Å². The van der Waals surface area contributed by atoms with E-state index in [9.17, 15) is 5.11 Å². The number of β-amino-alcohol motifs (C(OH)–C–C–N with tert-alkyl or cyclic N) is 1. The highest BCUT2D eigenvalue weighted by atomic mass is 16.3. The Bertz CT molecular complexity index is 474. The molecule has 72 valence electrons. The summed E-state index contributed by atoms with van der Waals surface area (Å²) >= 11 is 0. The standard InChI is InChI=1S/C9H10N4O/c14-9(5-11-6-9)7-3-12-8-4-10-1-2-13(7)8/h1-4,11,14H,5-6H2. The van der Waals surface area contributed by atoms with E-state index in [0.717, 1.165) is 11.3 Å². The highest BCUT2D eigenvalue weighted by Gasteiger charge is 2.38.